The lowest BCUT2D eigenvalue weighted by atomic mass is 10.0. The Morgan fingerprint density at radius 3 is 2.29 bits per heavy atom. The lowest BCUT2D eigenvalue weighted by Gasteiger charge is -2.17. The molecule has 2 amide bonds. The van der Waals surface area contributed by atoms with Crippen molar-refractivity contribution < 1.29 is 9.59 Å². The quantitative estimate of drug-likeness (QED) is 0.441. The van der Waals surface area contributed by atoms with E-state index in [2.05, 4.69) is 24.5 Å². The smallest absolute Gasteiger partial charge is 0.251 e. The topological polar surface area (TPSA) is 58.2 Å². The third kappa shape index (κ3) is 7.65. The van der Waals surface area contributed by atoms with Crippen LogP contribution >= 0.6 is 0 Å². The zero-order valence-electron chi connectivity index (χ0n) is 18.0. The van der Waals surface area contributed by atoms with Gasteiger partial charge < -0.3 is 10.6 Å². The summed E-state index contributed by atoms with van der Waals surface area (Å²) in [5.74, 6) is 0.563. The molecule has 0 aliphatic heterocycles. The van der Waals surface area contributed by atoms with E-state index in [1.807, 2.05) is 19.1 Å². The molecule has 4 nitrogen and oxygen atoms in total. The molecule has 0 spiro atoms. The van der Waals surface area contributed by atoms with Crippen LogP contribution in [0.2, 0.25) is 0 Å². The van der Waals surface area contributed by atoms with Gasteiger partial charge in [0, 0.05) is 23.7 Å². The highest BCUT2D eigenvalue weighted by atomic mass is 16.2. The lowest BCUT2D eigenvalue weighted by Crippen LogP contribution is -2.34. The van der Waals surface area contributed by atoms with Gasteiger partial charge >= 0.3 is 0 Å². The molecule has 156 valence electrons. The van der Waals surface area contributed by atoms with Crippen molar-refractivity contribution in [2.45, 2.75) is 91.0 Å². The summed E-state index contributed by atoms with van der Waals surface area (Å²) in [5, 5.41) is 6.18. The highest BCUT2D eigenvalue weighted by molar-refractivity contribution is 6.00. The molecule has 1 aliphatic carbocycles. The largest absolute Gasteiger partial charge is 0.352 e. The first-order valence-corrected chi connectivity index (χ1v) is 11.2. The molecular weight excluding hydrogens is 348 g/mol. The van der Waals surface area contributed by atoms with Crippen LogP contribution in [-0.2, 0) is 0 Å². The Hall–Kier alpha value is -1.84. The Morgan fingerprint density at radius 1 is 1.00 bits per heavy atom. The van der Waals surface area contributed by atoms with Crippen molar-refractivity contribution >= 4 is 11.8 Å². The Balaban J connectivity index is 1.90. The first kappa shape index (κ1) is 22.4. The van der Waals surface area contributed by atoms with Crippen LogP contribution in [-0.4, -0.2) is 24.4 Å². The molecule has 1 aromatic rings. The Labute approximate surface area is 170 Å². The number of rotatable bonds is 9. The van der Waals surface area contributed by atoms with Crippen LogP contribution in [0.5, 0.6) is 0 Å². The van der Waals surface area contributed by atoms with E-state index >= 15 is 0 Å². The maximum Gasteiger partial charge on any atom is 0.251 e. The molecule has 0 aromatic heterocycles. The minimum absolute atomic E-state index is 0.0574. The molecule has 1 fully saturated rings. The predicted octanol–water partition coefficient (Wildman–Crippen LogP) is 5.39. The van der Waals surface area contributed by atoms with Crippen molar-refractivity contribution in [2.24, 2.45) is 5.92 Å². The van der Waals surface area contributed by atoms with E-state index in [9.17, 15) is 9.59 Å². The van der Waals surface area contributed by atoms with Crippen LogP contribution in [0.1, 0.15) is 104 Å². The monoisotopic (exact) mass is 386 g/mol. The van der Waals surface area contributed by atoms with Crippen LogP contribution < -0.4 is 10.6 Å². The second-order valence-electron chi connectivity index (χ2n) is 8.54. The van der Waals surface area contributed by atoms with E-state index in [4.69, 9.17) is 0 Å². The number of aryl methyl sites for hydroxylation is 1. The summed E-state index contributed by atoms with van der Waals surface area (Å²) in [6, 6.07) is 5.72. The first-order valence-electron chi connectivity index (χ1n) is 11.2. The van der Waals surface area contributed by atoms with Crippen molar-refractivity contribution in [3.8, 4) is 0 Å². The number of carbonyl (C=O) groups is 2. The first-order chi connectivity index (χ1) is 13.5. The number of hydrogen-bond acceptors (Lipinski definition) is 2. The minimum Gasteiger partial charge on any atom is -0.352 e. The fraction of sp³-hybridized carbons (Fsp3) is 0.667. The predicted molar refractivity (Wildman–Crippen MR) is 116 cm³/mol. The summed E-state index contributed by atoms with van der Waals surface area (Å²) < 4.78 is 0. The minimum atomic E-state index is -0.0876. The van der Waals surface area contributed by atoms with Gasteiger partial charge in [-0.15, -0.1) is 0 Å². The van der Waals surface area contributed by atoms with E-state index in [0.29, 0.717) is 23.6 Å². The van der Waals surface area contributed by atoms with Gasteiger partial charge in [0.1, 0.15) is 0 Å². The van der Waals surface area contributed by atoms with Crippen LogP contribution in [0.3, 0.4) is 0 Å². The van der Waals surface area contributed by atoms with Crippen LogP contribution in [0.15, 0.2) is 18.2 Å². The SMILES string of the molecule is CCCC(C)CCCNC(=O)c1cc(C)cc(C(=O)NC2CCCCCC2)c1. The van der Waals surface area contributed by atoms with Crippen molar-refractivity contribution in [2.75, 3.05) is 6.54 Å². The van der Waals surface area contributed by atoms with Gasteiger partial charge in [0.15, 0.2) is 0 Å². The molecule has 2 rings (SSSR count). The van der Waals surface area contributed by atoms with Gasteiger partial charge in [-0.25, -0.2) is 0 Å². The molecule has 4 heteroatoms. The van der Waals surface area contributed by atoms with Gasteiger partial charge in [-0.05, 0) is 62.3 Å². The Bertz CT molecular complexity index is 633. The van der Waals surface area contributed by atoms with E-state index < -0.39 is 0 Å². The summed E-state index contributed by atoms with van der Waals surface area (Å²) in [6.45, 7) is 7.10. The molecule has 0 heterocycles. The number of amides is 2. The highest BCUT2D eigenvalue weighted by Gasteiger charge is 2.17. The molecule has 0 bridgehead atoms. The second kappa shape index (κ2) is 11.9. The van der Waals surface area contributed by atoms with Gasteiger partial charge in [-0.1, -0.05) is 52.4 Å². The number of nitrogens with one attached hydrogen (secondary N) is 2. The standard InChI is InChI=1S/C24H38N2O2/c1-4-10-18(2)11-9-14-25-23(27)20-15-19(3)16-21(17-20)24(28)26-22-12-7-5-6-8-13-22/h15-18,22H,4-14H2,1-3H3,(H,25,27)(H,26,28). The molecule has 1 aromatic carbocycles. The third-order valence-electron chi connectivity index (χ3n) is 5.73. The molecule has 28 heavy (non-hydrogen) atoms. The average Bonchev–Trinajstić information content (AvgIpc) is 2.93. The molecule has 1 aliphatic rings. The van der Waals surface area contributed by atoms with Gasteiger partial charge in [0.05, 0.1) is 0 Å². The number of hydrogen-bond donors (Lipinski definition) is 2. The molecule has 1 atom stereocenters. The fourth-order valence-corrected chi connectivity index (χ4v) is 4.13. The lowest BCUT2D eigenvalue weighted by molar-refractivity contribution is 0.0933. The fourth-order valence-electron chi connectivity index (χ4n) is 4.13. The van der Waals surface area contributed by atoms with Gasteiger partial charge in [0.2, 0.25) is 0 Å². The summed E-state index contributed by atoms with van der Waals surface area (Å²) in [6.07, 6.45) is 11.6. The van der Waals surface area contributed by atoms with Crippen molar-refractivity contribution in [3.63, 3.8) is 0 Å². The molecule has 0 radical (unpaired) electrons. The van der Waals surface area contributed by atoms with Crippen molar-refractivity contribution in [3.05, 3.63) is 34.9 Å². The summed E-state index contributed by atoms with van der Waals surface area (Å²) in [7, 11) is 0. The van der Waals surface area contributed by atoms with Gasteiger partial charge in [0.25, 0.3) is 11.8 Å². The Morgan fingerprint density at radius 2 is 1.64 bits per heavy atom. The number of carbonyl (C=O) groups excluding carboxylic acids is 2. The normalized spacial score (nSPS) is 16.2. The van der Waals surface area contributed by atoms with E-state index in [1.54, 1.807) is 6.07 Å². The maximum absolute atomic E-state index is 12.7. The number of benzene rings is 1. The van der Waals surface area contributed by atoms with E-state index in [1.165, 1.54) is 38.5 Å². The average molecular weight is 387 g/mol. The summed E-state index contributed by atoms with van der Waals surface area (Å²) in [5.41, 5.74) is 2.11. The zero-order valence-corrected chi connectivity index (χ0v) is 18.0. The van der Waals surface area contributed by atoms with Gasteiger partial charge in [-0.3, -0.25) is 9.59 Å². The van der Waals surface area contributed by atoms with Crippen LogP contribution in [0, 0.1) is 12.8 Å². The summed E-state index contributed by atoms with van der Waals surface area (Å²) in [4.78, 5) is 25.2. The van der Waals surface area contributed by atoms with Crippen molar-refractivity contribution in [1.82, 2.24) is 10.6 Å². The van der Waals surface area contributed by atoms with E-state index in [-0.39, 0.29) is 17.9 Å². The molecule has 1 unspecified atom stereocenters. The molecule has 2 N–H and O–H groups in total. The Kier molecular flexibility index (Phi) is 9.52. The molecular formula is C24H38N2O2. The van der Waals surface area contributed by atoms with Crippen LogP contribution in [0.25, 0.3) is 0 Å². The molecule has 0 saturated heterocycles. The van der Waals surface area contributed by atoms with Crippen molar-refractivity contribution in [1.29, 1.82) is 0 Å². The van der Waals surface area contributed by atoms with Crippen LogP contribution in [0.4, 0.5) is 0 Å². The maximum atomic E-state index is 12.7. The second-order valence-corrected chi connectivity index (χ2v) is 8.54. The molecule has 1 saturated carbocycles. The highest BCUT2D eigenvalue weighted by Crippen LogP contribution is 2.18. The third-order valence-corrected chi connectivity index (χ3v) is 5.73. The van der Waals surface area contributed by atoms with Gasteiger partial charge in [-0.2, -0.15) is 0 Å². The zero-order chi connectivity index (χ0) is 20.4. The van der Waals surface area contributed by atoms with E-state index in [0.717, 1.165) is 31.2 Å². The summed E-state index contributed by atoms with van der Waals surface area (Å²) >= 11 is 0.